The van der Waals surface area contributed by atoms with Gasteiger partial charge in [-0.15, -0.1) is 0 Å². The number of H-pyrrole nitrogens is 1. The second-order valence-corrected chi connectivity index (χ2v) is 4.89. The molecule has 21 heavy (non-hydrogen) atoms. The molecule has 0 aliphatic rings. The van der Waals surface area contributed by atoms with Gasteiger partial charge in [-0.25, -0.2) is 9.37 Å². The van der Waals surface area contributed by atoms with Crippen LogP contribution in [0.25, 0.3) is 11.4 Å². The van der Waals surface area contributed by atoms with Crippen LogP contribution in [0.1, 0.15) is 23.0 Å². The Kier molecular flexibility index (Phi) is 3.50. The molecule has 0 spiro atoms. The Bertz CT molecular complexity index is 749. The van der Waals surface area contributed by atoms with Gasteiger partial charge in [-0.05, 0) is 30.2 Å². The van der Waals surface area contributed by atoms with Crippen LogP contribution in [0.15, 0.2) is 48.5 Å². The van der Waals surface area contributed by atoms with E-state index in [4.69, 9.17) is 5.73 Å². The number of nitrogens with one attached hydrogen (secondary N) is 1. The van der Waals surface area contributed by atoms with Crippen molar-refractivity contribution in [2.45, 2.75) is 13.0 Å². The minimum absolute atomic E-state index is 0.288. The van der Waals surface area contributed by atoms with Crippen LogP contribution in [0, 0.1) is 12.7 Å². The van der Waals surface area contributed by atoms with Crippen molar-refractivity contribution in [3.8, 4) is 11.4 Å². The topological polar surface area (TPSA) is 67.6 Å². The summed E-state index contributed by atoms with van der Waals surface area (Å²) in [6, 6.07) is 13.5. The fourth-order valence-electron chi connectivity index (χ4n) is 2.19. The van der Waals surface area contributed by atoms with E-state index in [1.807, 2.05) is 31.2 Å². The number of aryl methyl sites for hydroxylation is 1. The zero-order chi connectivity index (χ0) is 14.8. The highest BCUT2D eigenvalue weighted by molar-refractivity contribution is 5.59. The van der Waals surface area contributed by atoms with E-state index in [0.717, 1.165) is 16.7 Å². The molecule has 3 aromatic rings. The third-order valence-corrected chi connectivity index (χ3v) is 3.41. The maximum absolute atomic E-state index is 12.9. The third kappa shape index (κ3) is 2.68. The first kappa shape index (κ1) is 13.5. The molecule has 3 N–H and O–H groups in total. The highest BCUT2D eigenvalue weighted by atomic mass is 19.1. The van der Waals surface area contributed by atoms with Gasteiger partial charge in [0.1, 0.15) is 11.6 Å². The molecule has 1 heterocycles. The molecule has 0 radical (unpaired) electrons. The van der Waals surface area contributed by atoms with Crippen LogP contribution in [0.5, 0.6) is 0 Å². The van der Waals surface area contributed by atoms with E-state index >= 15 is 0 Å². The molecule has 0 saturated heterocycles. The Hall–Kier alpha value is -2.53. The van der Waals surface area contributed by atoms with Crippen molar-refractivity contribution < 1.29 is 4.39 Å². The molecule has 0 amide bonds. The van der Waals surface area contributed by atoms with Crippen LogP contribution >= 0.6 is 0 Å². The van der Waals surface area contributed by atoms with E-state index in [0.29, 0.717) is 11.6 Å². The molecule has 106 valence electrons. The van der Waals surface area contributed by atoms with Crippen LogP contribution in [0.4, 0.5) is 4.39 Å². The van der Waals surface area contributed by atoms with Crippen molar-refractivity contribution in [1.29, 1.82) is 0 Å². The molecule has 5 heteroatoms. The number of halogens is 1. The SMILES string of the molecule is Cc1ccccc1-c1n[nH]c([C@H](N)c2ccc(F)cc2)n1. The van der Waals surface area contributed by atoms with E-state index in [9.17, 15) is 4.39 Å². The Morgan fingerprint density at radius 2 is 1.81 bits per heavy atom. The van der Waals surface area contributed by atoms with E-state index in [1.165, 1.54) is 12.1 Å². The first-order valence-electron chi connectivity index (χ1n) is 6.64. The molecule has 0 aliphatic heterocycles. The van der Waals surface area contributed by atoms with Gasteiger partial charge in [0, 0.05) is 5.56 Å². The molecular formula is C16H15FN4. The number of aromatic nitrogens is 3. The molecule has 1 atom stereocenters. The van der Waals surface area contributed by atoms with Crippen LogP contribution in [-0.4, -0.2) is 15.2 Å². The number of nitrogens with two attached hydrogens (primary N) is 1. The Balaban J connectivity index is 1.91. The smallest absolute Gasteiger partial charge is 0.181 e. The lowest BCUT2D eigenvalue weighted by molar-refractivity contribution is 0.626. The maximum atomic E-state index is 12.9. The highest BCUT2D eigenvalue weighted by Gasteiger charge is 2.15. The van der Waals surface area contributed by atoms with Gasteiger partial charge in [-0.1, -0.05) is 36.4 Å². The van der Waals surface area contributed by atoms with Crippen LogP contribution in [0.2, 0.25) is 0 Å². The fraction of sp³-hybridized carbons (Fsp3) is 0.125. The number of rotatable bonds is 3. The van der Waals surface area contributed by atoms with Crippen molar-refractivity contribution in [1.82, 2.24) is 15.2 Å². The summed E-state index contributed by atoms with van der Waals surface area (Å²) in [4.78, 5) is 4.45. The van der Waals surface area contributed by atoms with Crippen molar-refractivity contribution in [2.24, 2.45) is 5.73 Å². The zero-order valence-corrected chi connectivity index (χ0v) is 11.5. The minimum Gasteiger partial charge on any atom is -0.318 e. The van der Waals surface area contributed by atoms with Gasteiger partial charge in [-0.2, -0.15) is 5.10 Å². The summed E-state index contributed by atoms with van der Waals surface area (Å²) in [7, 11) is 0. The summed E-state index contributed by atoms with van der Waals surface area (Å²) >= 11 is 0. The van der Waals surface area contributed by atoms with E-state index < -0.39 is 6.04 Å². The Morgan fingerprint density at radius 3 is 2.52 bits per heavy atom. The average Bonchev–Trinajstić information content (AvgIpc) is 2.97. The highest BCUT2D eigenvalue weighted by Crippen LogP contribution is 2.22. The predicted octanol–water partition coefficient (Wildman–Crippen LogP) is 2.97. The second kappa shape index (κ2) is 5.46. The zero-order valence-electron chi connectivity index (χ0n) is 11.5. The average molecular weight is 282 g/mol. The molecule has 4 nitrogen and oxygen atoms in total. The minimum atomic E-state index is -0.462. The van der Waals surface area contributed by atoms with Crippen LogP contribution in [-0.2, 0) is 0 Å². The molecule has 1 aromatic heterocycles. The number of aromatic amines is 1. The first-order valence-corrected chi connectivity index (χ1v) is 6.64. The van der Waals surface area contributed by atoms with Gasteiger partial charge in [0.05, 0.1) is 6.04 Å². The number of nitrogens with zero attached hydrogens (tertiary/aromatic N) is 2. The van der Waals surface area contributed by atoms with Crippen LogP contribution < -0.4 is 5.73 Å². The second-order valence-electron chi connectivity index (χ2n) is 4.89. The molecule has 0 aliphatic carbocycles. The van der Waals surface area contributed by atoms with Gasteiger partial charge < -0.3 is 5.73 Å². The lowest BCUT2D eigenvalue weighted by atomic mass is 10.1. The Labute approximate surface area is 121 Å². The summed E-state index contributed by atoms with van der Waals surface area (Å²) in [5.74, 6) is 0.879. The lowest BCUT2D eigenvalue weighted by Crippen LogP contribution is -2.13. The molecule has 0 saturated carbocycles. The van der Waals surface area contributed by atoms with Crippen molar-refractivity contribution in [3.63, 3.8) is 0 Å². The molecule has 0 bridgehead atoms. The van der Waals surface area contributed by atoms with Gasteiger partial charge in [0.25, 0.3) is 0 Å². The molecule has 2 aromatic carbocycles. The maximum Gasteiger partial charge on any atom is 0.181 e. The summed E-state index contributed by atoms with van der Waals surface area (Å²) in [5, 5.41) is 7.09. The fourth-order valence-corrected chi connectivity index (χ4v) is 2.19. The number of hydrogen-bond acceptors (Lipinski definition) is 3. The number of benzene rings is 2. The molecule has 0 fully saturated rings. The number of hydrogen-bond donors (Lipinski definition) is 2. The van der Waals surface area contributed by atoms with Gasteiger partial charge in [0.15, 0.2) is 5.82 Å². The summed E-state index contributed by atoms with van der Waals surface area (Å²) in [5.41, 5.74) is 8.98. The van der Waals surface area contributed by atoms with Gasteiger partial charge >= 0.3 is 0 Å². The van der Waals surface area contributed by atoms with Crippen molar-refractivity contribution in [2.75, 3.05) is 0 Å². The van der Waals surface area contributed by atoms with Crippen molar-refractivity contribution in [3.05, 3.63) is 71.3 Å². The lowest BCUT2D eigenvalue weighted by Gasteiger charge is -2.08. The van der Waals surface area contributed by atoms with Gasteiger partial charge in [0.2, 0.25) is 0 Å². The predicted molar refractivity (Wildman–Crippen MR) is 79.0 cm³/mol. The standard InChI is InChI=1S/C16H15FN4/c1-10-4-2-3-5-13(10)15-19-16(21-20-15)14(18)11-6-8-12(17)9-7-11/h2-9,14H,18H2,1H3,(H,19,20,21)/t14-/m1/s1. The van der Waals surface area contributed by atoms with Gasteiger partial charge in [-0.3, -0.25) is 5.10 Å². The molecule has 3 rings (SSSR count). The summed E-state index contributed by atoms with van der Waals surface area (Å²) < 4.78 is 12.9. The van der Waals surface area contributed by atoms with E-state index in [2.05, 4.69) is 15.2 Å². The first-order chi connectivity index (χ1) is 10.1. The molecule has 0 unspecified atom stereocenters. The van der Waals surface area contributed by atoms with Crippen LogP contribution in [0.3, 0.4) is 0 Å². The molecular weight excluding hydrogens is 267 g/mol. The quantitative estimate of drug-likeness (QED) is 0.776. The Morgan fingerprint density at radius 1 is 1.10 bits per heavy atom. The normalized spacial score (nSPS) is 12.3. The third-order valence-electron chi connectivity index (χ3n) is 3.41. The monoisotopic (exact) mass is 282 g/mol. The largest absolute Gasteiger partial charge is 0.318 e. The van der Waals surface area contributed by atoms with Crippen molar-refractivity contribution >= 4 is 0 Å². The summed E-state index contributed by atoms with van der Waals surface area (Å²) in [6.07, 6.45) is 0. The van der Waals surface area contributed by atoms with E-state index in [-0.39, 0.29) is 5.82 Å². The van der Waals surface area contributed by atoms with E-state index in [1.54, 1.807) is 12.1 Å². The summed E-state index contributed by atoms with van der Waals surface area (Å²) in [6.45, 7) is 2.01.